The summed E-state index contributed by atoms with van der Waals surface area (Å²) >= 11 is 6.04. The molecule has 0 aliphatic carbocycles. The van der Waals surface area contributed by atoms with E-state index in [1.165, 1.54) is 32.3 Å². The number of hydrogen-bond acceptors (Lipinski definition) is 6. The number of aryl methyl sites for hydroxylation is 1. The van der Waals surface area contributed by atoms with Gasteiger partial charge in [0.2, 0.25) is 15.9 Å². The maximum atomic E-state index is 12.4. The Kier molecular flexibility index (Phi) is 5.26. The highest BCUT2D eigenvalue weighted by Gasteiger charge is 2.22. The molecule has 1 N–H and O–H groups in total. The Labute approximate surface area is 144 Å². The van der Waals surface area contributed by atoms with Crippen molar-refractivity contribution in [3.05, 3.63) is 40.5 Å². The normalized spacial score (nSPS) is 13.1. The predicted molar refractivity (Wildman–Crippen MR) is 87.2 cm³/mol. The minimum absolute atomic E-state index is 0.0230. The molecule has 0 saturated carbocycles. The topological polar surface area (TPSA) is 105 Å². The molecule has 8 nitrogen and oxygen atoms in total. The summed E-state index contributed by atoms with van der Waals surface area (Å²) in [5.41, 5.74) is 0.0478. The molecule has 1 aromatic carbocycles. The summed E-state index contributed by atoms with van der Waals surface area (Å²) in [5.74, 6) is 0.156. The van der Waals surface area contributed by atoms with Gasteiger partial charge in [0, 0.05) is 21.0 Å². The van der Waals surface area contributed by atoms with E-state index in [0.717, 1.165) is 4.31 Å². The molecule has 0 saturated heterocycles. The molecule has 10 heteroatoms. The van der Waals surface area contributed by atoms with Crippen molar-refractivity contribution in [3.8, 4) is 0 Å². The van der Waals surface area contributed by atoms with Gasteiger partial charge in [-0.2, -0.15) is 4.98 Å². The quantitative estimate of drug-likeness (QED) is 0.857. The second kappa shape index (κ2) is 6.88. The molecular weight excluding hydrogens is 356 g/mol. The zero-order valence-corrected chi connectivity index (χ0v) is 15.1. The minimum atomic E-state index is -3.67. The van der Waals surface area contributed by atoms with Gasteiger partial charge in [-0.3, -0.25) is 4.79 Å². The summed E-state index contributed by atoms with van der Waals surface area (Å²) in [6.07, 6.45) is 0. The largest absolute Gasteiger partial charge is 0.342 e. The van der Waals surface area contributed by atoms with Crippen molar-refractivity contribution in [3.63, 3.8) is 0 Å². The van der Waals surface area contributed by atoms with Crippen LogP contribution in [0.15, 0.2) is 27.6 Å². The molecule has 0 fully saturated rings. The van der Waals surface area contributed by atoms with Gasteiger partial charge in [-0.15, -0.1) is 0 Å². The van der Waals surface area contributed by atoms with Gasteiger partial charge in [0.25, 0.3) is 5.91 Å². The average molecular weight is 373 g/mol. The number of halogens is 1. The number of carbonyl (C=O) groups excluding carboxylic acids is 1. The van der Waals surface area contributed by atoms with E-state index in [2.05, 4.69) is 15.5 Å². The van der Waals surface area contributed by atoms with Crippen molar-refractivity contribution in [2.24, 2.45) is 0 Å². The second-order valence-corrected chi connectivity index (χ2v) is 7.85. The monoisotopic (exact) mass is 372 g/mol. The number of amides is 1. The molecular formula is C14H17ClN4O4S. The third kappa shape index (κ3) is 3.74. The molecule has 24 heavy (non-hydrogen) atoms. The van der Waals surface area contributed by atoms with Crippen LogP contribution in [0.5, 0.6) is 0 Å². The van der Waals surface area contributed by atoms with Crippen molar-refractivity contribution < 1.29 is 17.7 Å². The summed E-state index contributed by atoms with van der Waals surface area (Å²) < 4.78 is 30.3. The summed E-state index contributed by atoms with van der Waals surface area (Å²) in [6.45, 7) is 3.31. The lowest BCUT2D eigenvalue weighted by molar-refractivity contribution is 0.0938. The van der Waals surface area contributed by atoms with E-state index in [-0.39, 0.29) is 15.5 Å². The van der Waals surface area contributed by atoms with E-state index in [0.29, 0.717) is 11.7 Å². The fourth-order valence-corrected chi connectivity index (χ4v) is 3.01. The number of hydrogen-bond donors (Lipinski definition) is 1. The van der Waals surface area contributed by atoms with Gasteiger partial charge < -0.3 is 9.84 Å². The van der Waals surface area contributed by atoms with Gasteiger partial charge in [0.05, 0.1) is 21.5 Å². The molecule has 1 heterocycles. The minimum Gasteiger partial charge on any atom is -0.342 e. The van der Waals surface area contributed by atoms with Gasteiger partial charge >= 0.3 is 0 Å². The smallest absolute Gasteiger partial charge is 0.253 e. The molecule has 0 bridgehead atoms. The number of carbonyl (C=O) groups is 1. The van der Waals surface area contributed by atoms with Crippen LogP contribution in [-0.4, -0.2) is 42.9 Å². The number of sulfonamides is 1. The average Bonchev–Trinajstić information content (AvgIpc) is 2.93. The maximum Gasteiger partial charge on any atom is 0.253 e. The number of nitrogens with zero attached hydrogens (tertiary/aromatic N) is 3. The summed E-state index contributed by atoms with van der Waals surface area (Å²) in [5, 5.41) is 6.53. The number of aromatic nitrogens is 2. The second-order valence-electron chi connectivity index (χ2n) is 5.30. The Morgan fingerprint density at radius 3 is 2.58 bits per heavy atom. The van der Waals surface area contributed by atoms with Crippen molar-refractivity contribution in [1.82, 2.24) is 19.8 Å². The molecule has 0 unspecified atom stereocenters. The first-order chi connectivity index (χ1) is 11.1. The highest BCUT2D eigenvalue weighted by atomic mass is 35.5. The molecule has 0 spiro atoms. The lowest BCUT2D eigenvalue weighted by Gasteiger charge is -2.14. The Bertz CT molecular complexity index is 863. The summed E-state index contributed by atoms with van der Waals surface area (Å²) in [7, 11) is -0.858. The lowest BCUT2D eigenvalue weighted by Crippen LogP contribution is -2.28. The molecule has 1 aromatic heterocycles. The fraction of sp³-hybridized carbons (Fsp3) is 0.357. The van der Waals surface area contributed by atoms with E-state index >= 15 is 0 Å². The highest BCUT2D eigenvalue weighted by Crippen LogP contribution is 2.23. The SMILES string of the molecule is Cc1nc([C@H](C)NC(=O)c2cc(S(=O)(=O)N(C)C)ccc2Cl)no1. The molecule has 1 atom stereocenters. The summed E-state index contributed by atoms with van der Waals surface area (Å²) in [6, 6.07) is 3.43. The van der Waals surface area contributed by atoms with E-state index in [4.69, 9.17) is 16.1 Å². The molecule has 0 aliphatic heterocycles. The highest BCUT2D eigenvalue weighted by molar-refractivity contribution is 7.89. The first kappa shape index (κ1) is 18.4. The van der Waals surface area contributed by atoms with Gasteiger partial charge in [-0.05, 0) is 25.1 Å². The zero-order valence-electron chi connectivity index (χ0n) is 13.6. The molecule has 2 aromatic rings. The Hall–Kier alpha value is -1.97. The molecule has 1 amide bonds. The number of rotatable bonds is 5. The van der Waals surface area contributed by atoms with Crippen LogP contribution < -0.4 is 5.32 Å². The summed E-state index contributed by atoms with van der Waals surface area (Å²) in [4.78, 5) is 16.4. The van der Waals surface area contributed by atoms with Gasteiger partial charge in [0.15, 0.2) is 5.82 Å². The van der Waals surface area contributed by atoms with Crippen molar-refractivity contribution in [2.75, 3.05) is 14.1 Å². The van der Waals surface area contributed by atoms with Gasteiger partial charge in [-0.25, -0.2) is 12.7 Å². The van der Waals surface area contributed by atoms with Crippen molar-refractivity contribution >= 4 is 27.5 Å². The van der Waals surface area contributed by atoms with Gasteiger partial charge in [0.1, 0.15) is 0 Å². The van der Waals surface area contributed by atoms with E-state index < -0.39 is 22.0 Å². The van der Waals surface area contributed by atoms with Gasteiger partial charge in [-0.1, -0.05) is 16.8 Å². The maximum absolute atomic E-state index is 12.4. The molecule has 0 radical (unpaired) electrons. The third-order valence-corrected chi connectivity index (χ3v) is 5.38. The number of benzene rings is 1. The van der Waals surface area contributed by atoms with E-state index in [1.54, 1.807) is 13.8 Å². The van der Waals surface area contributed by atoms with E-state index in [9.17, 15) is 13.2 Å². The van der Waals surface area contributed by atoms with Crippen LogP contribution >= 0.6 is 11.6 Å². The van der Waals surface area contributed by atoms with Crippen molar-refractivity contribution in [1.29, 1.82) is 0 Å². The van der Waals surface area contributed by atoms with Crippen LogP contribution in [0.1, 0.15) is 35.0 Å². The van der Waals surface area contributed by atoms with Crippen LogP contribution in [0.25, 0.3) is 0 Å². The molecule has 2 rings (SSSR count). The van der Waals surface area contributed by atoms with Crippen LogP contribution in [0, 0.1) is 6.92 Å². The standard InChI is InChI=1S/C14H17ClN4O4S/c1-8(13-17-9(2)23-18-13)16-14(20)11-7-10(5-6-12(11)15)24(21,22)19(3)4/h5-8H,1-4H3,(H,16,20)/t8-/m0/s1. The zero-order chi connectivity index (χ0) is 18.1. The van der Waals surface area contributed by atoms with Crippen LogP contribution in [-0.2, 0) is 10.0 Å². The van der Waals surface area contributed by atoms with Crippen LogP contribution in [0.4, 0.5) is 0 Å². The number of nitrogens with one attached hydrogen (secondary N) is 1. The first-order valence-corrected chi connectivity index (χ1v) is 8.78. The van der Waals surface area contributed by atoms with Crippen LogP contribution in [0.3, 0.4) is 0 Å². The fourth-order valence-electron chi connectivity index (χ4n) is 1.88. The Balaban J connectivity index is 2.29. The first-order valence-electron chi connectivity index (χ1n) is 6.96. The third-order valence-electron chi connectivity index (χ3n) is 3.24. The van der Waals surface area contributed by atoms with Crippen molar-refractivity contribution in [2.45, 2.75) is 24.8 Å². The predicted octanol–water partition coefficient (Wildman–Crippen LogP) is 1.77. The molecule has 130 valence electrons. The lowest BCUT2D eigenvalue weighted by atomic mass is 10.2. The van der Waals surface area contributed by atoms with E-state index in [1.807, 2.05) is 0 Å². The van der Waals surface area contributed by atoms with Crippen LogP contribution in [0.2, 0.25) is 5.02 Å². The Morgan fingerprint density at radius 1 is 1.38 bits per heavy atom. The Morgan fingerprint density at radius 2 is 2.04 bits per heavy atom. The molecule has 0 aliphatic rings.